The van der Waals surface area contributed by atoms with Crippen LogP contribution in [0.5, 0.6) is 11.5 Å². The molecule has 9 nitrogen and oxygen atoms in total. The number of carbonyl (C=O) groups is 3. The Morgan fingerprint density at radius 1 is 1.14 bits per heavy atom. The molecule has 152 valence electrons. The molecule has 0 unspecified atom stereocenters. The van der Waals surface area contributed by atoms with E-state index in [1.165, 1.54) is 13.3 Å². The van der Waals surface area contributed by atoms with Crippen molar-refractivity contribution in [2.45, 2.75) is 6.92 Å². The van der Waals surface area contributed by atoms with Crippen LogP contribution in [0.2, 0.25) is 5.02 Å². The van der Waals surface area contributed by atoms with E-state index < -0.39 is 17.7 Å². The quantitative estimate of drug-likeness (QED) is 0.357. The van der Waals surface area contributed by atoms with Gasteiger partial charge in [-0.3, -0.25) is 14.4 Å². The Morgan fingerprint density at radius 3 is 2.55 bits per heavy atom. The molecule has 0 aliphatic heterocycles. The maximum atomic E-state index is 11.9. The van der Waals surface area contributed by atoms with E-state index in [2.05, 4.69) is 15.8 Å². The lowest BCUT2D eigenvalue weighted by Crippen LogP contribution is -2.32. The summed E-state index contributed by atoms with van der Waals surface area (Å²) in [5.41, 5.74) is 8.95. The lowest BCUT2D eigenvalue weighted by molar-refractivity contribution is -0.136. The third-order valence-corrected chi connectivity index (χ3v) is 3.98. The first-order valence-corrected chi connectivity index (χ1v) is 8.67. The first-order chi connectivity index (χ1) is 13.8. The normalized spacial score (nSPS) is 10.4. The Balaban J connectivity index is 1.95. The zero-order valence-corrected chi connectivity index (χ0v) is 16.4. The number of nitrogens with zero attached hydrogens (tertiary/aromatic N) is 1. The molecule has 29 heavy (non-hydrogen) atoms. The summed E-state index contributed by atoms with van der Waals surface area (Å²) >= 11 is 5.98. The Hall–Kier alpha value is -3.59. The molecule has 0 spiro atoms. The van der Waals surface area contributed by atoms with Crippen molar-refractivity contribution in [3.63, 3.8) is 0 Å². The molecule has 0 saturated carbocycles. The van der Waals surface area contributed by atoms with Gasteiger partial charge in [-0.15, -0.1) is 0 Å². The highest BCUT2D eigenvalue weighted by molar-refractivity contribution is 6.39. The average Bonchev–Trinajstić information content (AvgIpc) is 2.69. The lowest BCUT2D eigenvalue weighted by atomic mass is 10.2. The topological polar surface area (TPSA) is 132 Å². The highest BCUT2D eigenvalue weighted by Crippen LogP contribution is 2.27. The first-order valence-electron chi connectivity index (χ1n) is 8.30. The van der Waals surface area contributed by atoms with Crippen LogP contribution in [0.1, 0.15) is 11.1 Å². The van der Waals surface area contributed by atoms with Gasteiger partial charge in [0, 0.05) is 10.7 Å². The predicted octanol–water partition coefficient (Wildman–Crippen LogP) is 1.61. The summed E-state index contributed by atoms with van der Waals surface area (Å²) in [7, 11) is 1.43. The molecule has 0 fully saturated rings. The number of anilines is 1. The van der Waals surface area contributed by atoms with Gasteiger partial charge in [0.2, 0.25) is 0 Å². The number of benzene rings is 2. The number of carbonyl (C=O) groups excluding carboxylic acids is 3. The molecule has 10 heteroatoms. The van der Waals surface area contributed by atoms with Crippen LogP contribution in [0.3, 0.4) is 0 Å². The molecule has 3 amide bonds. The predicted molar refractivity (Wildman–Crippen MR) is 108 cm³/mol. The number of halogens is 1. The van der Waals surface area contributed by atoms with Gasteiger partial charge in [-0.25, -0.2) is 5.43 Å². The second-order valence-corrected chi connectivity index (χ2v) is 6.19. The fourth-order valence-electron chi connectivity index (χ4n) is 2.11. The highest BCUT2D eigenvalue weighted by atomic mass is 35.5. The molecule has 0 radical (unpaired) electrons. The van der Waals surface area contributed by atoms with Crippen molar-refractivity contribution in [1.82, 2.24) is 5.43 Å². The van der Waals surface area contributed by atoms with Gasteiger partial charge in [-0.2, -0.15) is 5.10 Å². The van der Waals surface area contributed by atoms with E-state index in [4.69, 9.17) is 26.8 Å². The van der Waals surface area contributed by atoms with Crippen molar-refractivity contribution in [3.8, 4) is 11.5 Å². The van der Waals surface area contributed by atoms with Crippen molar-refractivity contribution >= 4 is 41.2 Å². The van der Waals surface area contributed by atoms with Crippen molar-refractivity contribution in [2.75, 3.05) is 19.0 Å². The highest BCUT2D eigenvalue weighted by Gasteiger charge is 2.13. The van der Waals surface area contributed by atoms with E-state index in [1.54, 1.807) is 36.4 Å². The van der Waals surface area contributed by atoms with Crippen molar-refractivity contribution < 1.29 is 23.9 Å². The van der Waals surface area contributed by atoms with Crippen molar-refractivity contribution in [3.05, 3.63) is 52.5 Å². The summed E-state index contributed by atoms with van der Waals surface area (Å²) in [5.74, 6) is -1.80. The van der Waals surface area contributed by atoms with Crippen LogP contribution >= 0.6 is 11.6 Å². The number of hydrogen-bond donors (Lipinski definition) is 3. The van der Waals surface area contributed by atoms with Crippen molar-refractivity contribution in [2.24, 2.45) is 10.8 Å². The molecule has 0 bridgehead atoms. The zero-order chi connectivity index (χ0) is 21.4. The second kappa shape index (κ2) is 10.1. The second-order valence-electron chi connectivity index (χ2n) is 5.78. The van der Waals surface area contributed by atoms with E-state index >= 15 is 0 Å². The smallest absolute Gasteiger partial charge is 0.329 e. The van der Waals surface area contributed by atoms with E-state index in [0.717, 1.165) is 5.56 Å². The fourth-order valence-corrected chi connectivity index (χ4v) is 2.29. The van der Waals surface area contributed by atoms with Gasteiger partial charge in [0.1, 0.15) is 0 Å². The Morgan fingerprint density at radius 2 is 1.90 bits per heavy atom. The van der Waals surface area contributed by atoms with Crippen molar-refractivity contribution in [1.29, 1.82) is 0 Å². The molecule has 2 rings (SSSR count). The minimum atomic E-state index is -0.952. The molecule has 0 saturated heterocycles. The summed E-state index contributed by atoms with van der Waals surface area (Å²) in [6, 6.07) is 9.63. The molecule has 2 aromatic rings. The summed E-state index contributed by atoms with van der Waals surface area (Å²) in [4.78, 5) is 34.6. The van der Waals surface area contributed by atoms with Crippen LogP contribution in [-0.4, -0.2) is 37.7 Å². The summed E-state index contributed by atoms with van der Waals surface area (Å²) in [5, 5.41) is 6.63. The van der Waals surface area contributed by atoms with E-state index in [0.29, 0.717) is 27.8 Å². The fraction of sp³-hybridized carbons (Fsp3) is 0.158. The number of hydrazone groups is 1. The van der Waals surface area contributed by atoms with E-state index in [9.17, 15) is 14.4 Å². The standard InChI is InChI=1S/C19H19ClN4O5/c1-11-3-5-13(8-14(11)20)23-18(26)19(27)24-22-9-12-4-6-15(16(7-12)28-2)29-10-17(21)25/h3-9H,10H2,1-2H3,(H2,21,25)(H,23,26)(H,24,27)/b22-9-. The number of aryl methyl sites for hydroxylation is 1. The number of ether oxygens (including phenoxy) is 2. The number of rotatable bonds is 7. The number of hydrogen-bond acceptors (Lipinski definition) is 6. The molecule has 2 aromatic carbocycles. The largest absolute Gasteiger partial charge is 0.493 e. The van der Waals surface area contributed by atoms with E-state index in [-0.39, 0.29) is 6.61 Å². The van der Waals surface area contributed by atoms with Gasteiger partial charge >= 0.3 is 11.8 Å². The zero-order valence-electron chi connectivity index (χ0n) is 15.7. The Labute approximate surface area is 171 Å². The van der Waals surface area contributed by atoms with Crippen LogP contribution in [0.25, 0.3) is 0 Å². The van der Waals surface area contributed by atoms with Gasteiger partial charge in [-0.05, 0) is 48.4 Å². The van der Waals surface area contributed by atoms with Gasteiger partial charge < -0.3 is 20.5 Å². The number of nitrogens with one attached hydrogen (secondary N) is 2. The number of nitrogens with two attached hydrogens (primary N) is 1. The molecule has 0 aliphatic carbocycles. The van der Waals surface area contributed by atoms with Crippen LogP contribution < -0.4 is 25.9 Å². The third kappa shape index (κ3) is 6.51. The molecule has 0 aliphatic rings. The number of primary amides is 1. The molecular formula is C19H19ClN4O5. The van der Waals surface area contributed by atoms with Gasteiger partial charge in [-0.1, -0.05) is 17.7 Å². The lowest BCUT2D eigenvalue weighted by Gasteiger charge is -2.09. The average molecular weight is 419 g/mol. The van der Waals surface area contributed by atoms with Crippen LogP contribution in [0.15, 0.2) is 41.5 Å². The molecule has 0 aromatic heterocycles. The molecular weight excluding hydrogens is 400 g/mol. The maximum absolute atomic E-state index is 11.9. The number of amides is 3. The van der Waals surface area contributed by atoms with Gasteiger partial charge in [0.25, 0.3) is 5.91 Å². The van der Waals surface area contributed by atoms with E-state index in [1.807, 2.05) is 6.92 Å². The van der Waals surface area contributed by atoms with Crippen LogP contribution in [0, 0.1) is 6.92 Å². The Bertz CT molecular complexity index is 962. The molecule has 0 heterocycles. The van der Waals surface area contributed by atoms with Crippen LogP contribution in [-0.2, 0) is 14.4 Å². The number of methoxy groups -OCH3 is 1. The Kier molecular flexibility index (Phi) is 7.55. The minimum absolute atomic E-state index is 0.291. The third-order valence-electron chi connectivity index (χ3n) is 3.57. The molecule has 4 N–H and O–H groups in total. The van der Waals surface area contributed by atoms with Gasteiger partial charge in [0.05, 0.1) is 13.3 Å². The minimum Gasteiger partial charge on any atom is -0.493 e. The van der Waals surface area contributed by atoms with Gasteiger partial charge in [0.15, 0.2) is 18.1 Å². The monoisotopic (exact) mass is 418 g/mol. The van der Waals surface area contributed by atoms with Crippen LogP contribution in [0.4, 0.5) is 5.69 Å². The molecule has 0 atom stereocenters. The first kappa shape index (κ1) is 21.7. The maximum Gasteiger partial charge on any atom is 0.329 e. The SMILES string of the molecule is COc1cc(/C=N\NC(=O)C(=O)Nc2ccc(C)c(Cl)c2)ccc1OCC(N)=O. The summed E-state index contributed by atoms with van der Waals surface area (Å²) < 4.78 is 10.4. The summed E-state index contributed by atoms with van der Waals surface area (Å²) in [6.07, 6.45) is 1.31. The summed E-state index contributed by atoms with van der Waals surface area (Å²) in [6.45, 7) is 1.53.